The molecule has 4 aromatic rings. The van der Waals surface area contributed by atoms with Crippen LogP contribution >= 0.6 is 0 Å². The van der Waals surface area contributed by atoms with Crippen molar-refractivity contribution in [2.24, 2.45) is 0 Å². The summed E-state index contributed by atoms with van der Waals surface area (Å²) in [5.41, 5.74) is 4.26. The van der Waals surface area contributed by atoms with Crippen molar-refractivity contribution in [2.45, 2.75) is 0 Å². The number of para-hydroxylation sites is 3. The summed E-state index contributed by atoms with van der Waals surface area (Å²) < 4.78 is 7.44. The summed E-state index contributed by atoms with van der Waals surface area (Å²) >= 11 is 0. The first-order valence-electron chi connectivity index (χ1n) is 9.86. The third-order valence-corrected chi connectivity index (χ3v) is 5.50. The van der Waals surface area contributed by atoms with Crippen LogP contribution in [-0.4, -0.2) is 48.1 Å². The van der Waals surface area contributed by atoms with Crippen molar-refractivity contribution >= 4 is 22.4 Å². The van der Waals surface area contributed by atoms with Crippen LogP contribution in [0.5, 0.6) is 5.75 Å². The van der Waals surface area contributed by atoms with Gasteiger partial charge in [0.15, 0.2) is 5.65 Å². The Morgan fingerprint density at radius 1 is 0.793 bits per heavy atom. The average Bonchev–Trinajstić information content (AvgIpc) is 3.24. The molecule has 1 aliphatic heterocycles. The molecule has 0 unspecified atom stereocenters. The van der Waals surface area contributed by atoms with E-state index in [4.69, 9.17) is 4.74 Å². The molecular weight excluding hydrogens is 362 g/mol. The number of fused-ring (bicyclic) bond motifs is 1. The van der Waals surface area contributed by atoms with Crippen molar-refractivity contribution in [3.8, 4) is 11.4 Å². The molecule has 0 N–H and O–H groups in total. The highest BCUT2D eigenvalue weighted by Gasteiger charge is 2.22. The largest absolute Gasteiger partial charge is 0.495 e. The molecule has 2 aromatic carbocycles. The second-order valence-corrected chi connectivity index (χ2v) is 7.11. The second kappa shape index (κ2) is 7.47. The topological polar surface area (TPSA) is 46.4 Å². The lowest BCUT2D eigenvalue weighted by Gasteiger charge is -2.38. The maximum atomic E-state index is 5.54. The van der Waals surface area contributed by atoms with Crippen molar-refractivity contribution in [2.75, 3.05) is 43.1 Å². The van der Waals surface area contributed by atoms with Gasteiger partial charge in [-0.15, -0.1) is 0 Å². The Hall–Kier alpha value is -3.54. The van der Waals surface area contributed by atoms with Crippen LogP contribution in [-0.2, 0) is 0 Å². The minimum absolute atomic E-state index is 0.890. The van der Waals surface area contributed by atoms with Gasteiger partial charge in [-0.05, 0) is 30.3 Å². The van der Waals surface area contributed by atoms with E-state index in [1.165, 1.54) is 5.69 Å². The van der Waals surface area contributed by atoms with Crippen molar-refractivity contribution in [3.05, 3.63) is 73.1 Å². The van der Waals surface area contributed by atoms with E-state index in [9.17, 15) is 0 Å². The van der Waals surface area contributed by atoms with Gasteiger partial charge in [-0.25, -0.2) is 9.67 Å². The number of benzene rings is 2. The summed E-state index contributed by atoms with van der Waals surface area (Å²) in [6, 6.07) is 20.5. The Bertz CT molecular complexity index is 1120. The minimum Gasteiger partial charge on any atom is -0.495 e. The molecule has 0 spiro atoms. The number of piperazine rings is 1. The Labute approximate surface area is 170 Å². The molecular formula is C23H23N5O. The lowest BCUT2D eigenvalue weighted by atomic mass is 10.2. The molecule has 146 valence electrons. The molecule has 1 saturated heterocycles. The number of rotatable bonds is 4. The molecule has 0 atom stereocenters. The van der Waals surface area contributed by atoms with E-state index < -0.39 is 0 Å². The molecule has 6 heteroatoms. The van der Waals surface area contributed by atoms with Crippen LogP contribution in [0.4, 0.5) is 11.4 Å². The third-order valence-electron chi connectivity index (χ3n) is 5.50. The number of hydrogen-bond donors (Lipinski definition) is 0. The molecule has 0 aliphatic carbocycles. The fourth-order valence-electron chi connectivity index (χ4n) is 4.03. The van der Waals surface area contributed by atoms with E-state index in [2.05, 4.69) is 38.1 Å². The number of pyridine rings is 1. The van der Waals surface area contributed by atoms with Crippen LogP contribution in [0, 0.1) is 0 Å². The van der Waals surface area contributed by atoms with E-state index in [1.54, 1.807) is 7.11 Å². The van der Waals surface area contributed by atoms with Crippen LogP contribution in [0.2, 0.25) is 0 Å². The van der Waals surface area contributed by atoms with E-state index in [1.807, 2.05) is 59.5 Å². The molecule has 6 nitrogen and oxygen atoms in total. The molecule has 1 fully saturated rings. The summed E-state index contributed by atoms with van der Waals surface area (Å²) in [6.07, 6.45) is 3.81. The van der Waals surface area contributed by atoms with E-state index in [0.717, 1.165) is 54.3 Å². The van der Waals surface area contributed by atoms with Crippen LogP contribution in [0.3, 0.4) is 0 Å². The average molecular weight is 385 g/mol. The molecule has 0 radical (unpaired) electrons. The number of nitrogens with zero attached hydrogens (tertiary/aromatic N) is 5. The van der Waals surface area contributed by atoms with E-state index in [-0.39, 0.29) is 0 Å². The molecule has 5 rings (SSSR count). The summed E-state index contributed by atoms with van der Waals surface area (Å²) in [5, 5.41) is 5.69. The predicted molar refractivity (Wildman–Crippen MR) is 116 cm³/mol. The highest BCUT2D eigenvalue weighted by molar-refractivity contribution is 5.90. The zero-order valence-corrected chi connectivity index (χ0v) is 16.4. The summed E-state index contributed by atoms with van der Waals surface area (Å²) in [7, 11) is 1.73. The van der Waals surface area contributed by atoms with Crippen molar-refractivity contribution < 1.29 is 4.74 Å². The highest BCUT2D eigenvalue weighted by Crippen LogP contribution is 2.31. The van der Waals surface area contributed by atoms with E-state index >= 15 is 0 Å². The summed E-state index contributed by atoms with van der Waals surface area (Å²) in [5.74, 6) is 0.927. The first-order chi connectivity index (χ1) is 14.3. The van der Waals surface area contributed by atoms with Gasteiger partial charge in [0.2, 0.25) is 0 Å². The fourth-order valence-corrected chi connectivity index (χ4v) is 4.03. The van der Waals surface area contributed by atoms with Gasteiger partial charge in [-0.1, -0.05) is 30.3 Å². The van der Waals surface area contributed by atoms with Gasteiger partial charge in [-0.2, -0.15) is 5.10 Å². The quantitative estimate of drug-likeness (QED) is 0.535. The zero-order chi connectivity index (χ0) is 19.6. The van der Waals surface area contributed by atoms with Crippen LogP contribution in [0.25, 0.3) is 16.7 Å². The molecule has 0 amide bonds. The smallest absolute Gasteiger partial charge is 0.164 e. The molecule has 2 aromatic heterocycles. The van der Waals surface area contributed by atoms with Gasteiger partial charge in [0.05, 0.1) is 35.8 Å². The Morgan fingerprint density at radius 3 is 2.24 bits per heavy atom. The van der Waals surface area contributed by atoms with Gasteiger partial charge in [0, 0.05) is 32.4 Å². The number of aromatic nitrogens is 3. The fraction of sp³-hybridized carbons (Fsp3) is 0.217. The Morgan fingerprint density at radius 2 is 1.48 bits per heavy atom. The second-order valence-electron chi connectivity index (χ2n) is 7.11. The summed E-state index contributed by atoms with van der Waals surface area (Å²) in [6.45, 7) is 3.76. The van der Waals surface area contributed by atoms with Crippen molar-refractivity contribution in [1.29, 1.82) is 0 Å². The van der Waals surface area contributed by atoms with Crippen molar-refractivity contribution in [3.63, 3.8) is 0 Å². The lowest BCUT2D eigenvalue weighted by molar-refractivity contribution is 0.413. The number of hydrogen-bond acceptors (Lipinski definition) is 5. The summed E-state index contributed by atoms with van der Waals surface area (Å²) in [4.78, 5) is 9.42. The predicted octanol–water partition coefficient (Wildman–Crippen LogP) is 3.76. The number of anilines is 2. The molecule has 3 heterocycles. The van der Waals surface area contributed by atoms with Crippen LogP contribution < -0.4 is 14.5 Å². The van der Waals surface area contributed by atoms with Crippen LogP contribution in [0.15, 0.2) is 73.1 Å². The standard InChI is InChI=1S/C23H23N5O/c1-29-22-10-6-5-9-21(22)27-15-13-26(14-16-27)20-11-12-24-23-19(20)17-25-28(23)18-7-3-2-4-8-18/h2-12,17H,13-16H2,1H3. The maximum Gasteiger partial charge on any atom is 0.164 e. The normalized spacial score (nSPS) is 14.4. The minimum atomic E-state index is 0.890. The molecule has 0 bridgehead atoms. The van der Waals surface area contributed by atoms with Crippen LogP contribution in [0.1, 0.15) is 0 Å². The maximum absolute atomic E-state index is 5.54. The first-order valence-corrected chi connectivity index (χ1v) is 9.86. The van der Waals surface area contributed by atoms with Gasteiger partial charge >= 0.3 is 0 Å². The van der Waals surface area contributed by atoms with E-state index in [0.29, 0.717) is 0 Å². The molecule has 1 aliphatic rings. The molecule has 0 saturated carbocycles. The SMILES string of the molecule is COc1ccccc1N1CCN(c2ccnc3c2cnn3-c2ccccc2)CC1. The lowest BCUT2D eigenvalue weighted by Crippen LogP contribution is -2.46. The third kappa shape index (κ3) is 3.16. The van der Waals surface area contributed by atoms with Gasteiger partial charge in [0.25, 0.3) is 0 Å². The first kappa shape index (κ1) is 17.6. The number of methoxy groups -OCH3 is 1. The Kier molecular flexibility index (Phi) is 4.52. The zero-order valence-electron chi connectivity index (χ0n) is 16.4. The van der Waals surface area contributed by atoms with Gasteiger partial charge < -0.3 is 14.5 Å². The van der Waals surface area contributed by atoms with Crippen molar-refractivity contribution in [1.82, 2.24) is 14.8 Å². The Balaban J connectivity index is 1.41. The van der Waals surface area contributed by atoms with Gasteiger partial charge in [0.1, 0.15) is 5.75 Å². The van der Waals surface area contributed by atoms with Gasteiger partial charge in [-0.3, -0.25) is 0 Å². The highest BCUT2D eigenvalue weighted by atomic mass is 16.5. The molecule has 29 heavy (non-hydrogen) atoms. The monoisotopic (exact) mass is 385 g/mol. The number of ether oxygens (including phenoxy) is 1.